The van der Waals surface area contributed by atoms with Crippen LogP contribution in [0, 0.1) is 13.8 Å². The number of anilines is 2. The van der Waals surface area contributed by atoms with Gasteiger partial charge in [-0.05, 0) is 43.2 Å². The Morgan fingerprint density at radius 3 is 2.56 bits per heavy atom. The number of aromatic nitrogens is 2. The van der Waals surface area contributed by atoms with E-state index in [1.54, 1.807) is 6.07 Å². The van der Waals surface area contributed by atoms with Crippen molar-refractivity contribution in [2.45, 2.75) is 13.8 Å². The van der Waals surface area contributed by atoms with Crippen LogP contribution in [-0.2, 0) is 0 Å². The van der Waals surface area contributed by atoms with E-state index in [0.717, 1.165) is 21.3 Å². The molecule has 1 heterocycles. The Labute approximate surface area is 124 Å². The first-order valence-electron chi connectivity index (χ1n) is 5.20. The predicted octanol–water partition coefficient (Wildman–Crippen LogP) is 4.91. The highest BCUT2D eigenvalue weighted by Crippen LogP contribution is 2.30. The number of halogens is 3. The Bertz CT molecular complexity index is 602. The van der Waals surface area contributed by atoms with Gasteiger partial charge < -0.3 is 5.32 Å². The first-order valence-corrected chi connectivity index (χ1v) is 6.75. The first-order chi connectivity index (χ1) is 8.49. The topological polar surface area (TPSA) is 37.8 Å². The van der Waals surface area contributed by atoms with E-state index in [4.69, 9.17) is 23.2 Å². The van der Waals surface area contributed by atoms with Crippen molar-refractivity contribution in [1.29, 1.82) is 0 Å². The van der Waals surface area contributed by atoms with E-state index in [-0.39, 0.29) is 0 Å². The Kier molecular flexibility index (Phi) is 4.10. The molecule has 2 aromatic rings. The van der Waals surface area contributed by atoms with Gasteiger partial charge in [0.25, 0.3) is 0 Å². The molecule has 0 unspecified atom stereocenters. The summed E-state index contributed by atoms with van der Waals surface area (Å²) in [5.41, 5.74) is 2.62. The van der Waals surface area contributed by atoms with E-state index < -0.39 is 0 Å². The SMILES string of the molecule is Cc1c(Cl)nnc(Nc2cc(Br)ccc2Cl)c1C. The van der Waals surface area contributed by atoms with Gasteiger partial charge in [0, 0.05) is 4.47 Å². The lowest BCUT2D eigenvalue weighted by molar-refractivity contribution is 1.00. The molecule has 0 spiro atoms. The van der Waals surface area contributed by atoms with Gasteiger partial charge in [-0.15, -0.1) is 10.2 Å². The number of nitrogens with zero attached hydrogens (tertiary/aromatic N) is 2. The van der Waals surface area contributed by atoms with Crippen molar-refractivity contribution in [3.63, 3.8) is 0 Å². The van der Waals surface area contributed by atoms with Crippen LogP contribution < -0.4 is 5.32 Å². The molecule has 0 radical (unpaired) electrons. The van der Waals surface area contributed by atoms with Crippen LogP contribution in [0.25, 0.3) is 0 Å². The molecule has 0 amide bonds. The third-order valence-corrected chi connectivity index (χ3v) is 3.83. The van der Waals surface area contributed by atoms with Crippen LogP contribution in [-0.4, -0.2) is 10.2 Å². The maximum atomic E-state index is 6.11. The van der Waals surface area contributed by atoms with Crippen molar-refractivity contribution in [2.75, 3.05) is 5.32 Å². The molecular weight excluding hydrogens is 337 g/mol. The number of benzene rings is 1. The molecule has 18 heavy (non-hydrogen) atoms. The molecule has 1 aromatic carbocycles. The summed E-state index contributed by atoms with van der Waals surface area (Å²) in [6.45, 7) is 3.84. The molecule has 2 rings (SSSR count). The molecule has 0 saturated carbocycles. The molecule has 6 heteroatoms. The zero-order valence-electron chi connectivity index (χ0n) is 9.76. The quantitative estimate of drug-likeness (QED) is 0.839. The summed E-state index contributed by atoms with van der Waals surface area (Å²) in [6.07, 6.45) is 0. The Morgan fingerprint density at radius 1 is 1.11 bits per heavy atom. The smallest absolute Gasteiger partial charge is 0.156 e. The number of hydrogen-bond donors (Lipinski definition) is 1. The lowest BCUT2D eigenvalue weighted by Crippen LogP contribution is -2.01. The van der Waals surface area contributed by atoms with E-state index in [0.29, 0.717) is 16.0 Å². The molecule has 0 aliphatic rings. The minimum atomic E-state index is 0.415. The fraction of sp³-hybridized carbons (Fsp3) is 0.167. The van der Waals surface area contributed by atoms with Crippen molar-refractivity contribution < 1.29 is 0 Å². The summed E-state index contributed by atoms with van der Waals surface area (Å²) in [4.78, 5) is 0. The summed E-state index contributed by atoms with van der Waals surface area (Å²) in [5.74, 6) is 0.650. The molecule has 3 nitrogen and oxygen atoms in total. The van der Waals surface area contributed by atoms with Gasteiger partial charge in [0.1, 0.15) is 0 Å². The highest BCUT2D eigenvalue weighted by Gasteiger charge is 2.10. The highest BCUT2D eigenvalue weighted by molar-refractivity contribution is 9.10. The predicted molar refractivity (Wildman–Crippen MR) is 79.0 cm³/mol. The van der Waals surface area contributed by atoms with E-state index in [1.807, 2.05) is 26.0 Å². The van der Waals surface area contributed by atoms with Gasteiger partial charge >= 0.3 is 0 Å². The second kappa shape index (κ2) is 5.43. The summed E-state index contributed by atoms with van der Waals surface area (Å²) in [7, 11) is 0. The number of rotatable bonds is 2. The van der Waals surface area contributed by atoms with Crippen LogP contribution >= 0.6 is 39.1 Å². The van der Waals surface area contributed by atoms with Gasteiger partial charge in [-0.2, -0.15) is 0 Å². The van der Waals surface area contributed by atoms with Gasteiger partial charge in [-0.1, -0.05) is 39.1 Å². The molecule has 0 aliphatic heterocycles. The van der Waals surface area contributed by atoms with Crippen LogP contribution in [0.2, 0.25) is 10.2 Å². The first kappa shape index (κ1) is 13.6. The van der Waals surface area contributed by atoms with Crippen molar-refractivity contribution in [1.82, 2.24) is 10.2 Å². The van der Waals surface area contributed by atoms with E-state index >= 15 is 0 Å². The van der Waals surface area contributed by atoms with Crippen LogP contribution in [0.15, 0.2) is 22.7 Å². The van der Waals surface area contributed by atoms with Crippen LogP contribution in [0.1, 0.15) is 11.1 Å². The van der Waals surface area contributed by atoms with Gasteiger partial charge in [-0.25, -0.2) is 0 Å². The molecule has 0 bridgehead atoms. The number of nitrogens with one attached hydrogen (secondary N) is 1. The van der Waals surface area contributed by atoms with Crippen molar-refractivity contribution in [3.8, 4) is 0 Å². The second-order valence-corrected chi connectivity index (χ2v) is 5.52. The van der Waals surface area contributed by atoms with E-state index in [1.165, 1.54) is 0 Å². The normalized spacial score (nSPS) is 10.5. The third kappa shape index (κ3) is 2.76. The minimum absolute atomic E-state index is 0.415. The maximum absolute atomic E-state index is 6.11. The van der Waals surface area contributed by atoms with Crippen LogP contribution in [0.3, 0.4) is 0 Å². The van der Waals surface area contributed by atoms with E-state index in [9.17, 15) is 0 Å². The molecule has 94 valence electrons. The summed E-state index contributed by atoms with van der Waals surface area (Å²) in [5, 5.41) is 12.1. The third-order valence-electron chi connectivity index (χ3n) is 2.65. The molecule has 0 aliphatic carbocycles. The van der Waals surface area contributed by atoms with Gasteiger partial charge in [0.2, 0.25) is 0 Å². The van der Waals surface area contributed by atoms with Crippen LogP contribution in [0.4, 0.5) is 11.5 Å². The molecule has 1 aromatic heterocycles. The molecule has 0 fully saturated rings. The van der Waals surface area contributed by atoms with Gasteiger partial charge in [0.05, 0.1) is 10.7 Å². The van der Waals surface area contributed by atoms with Crippen molar-refractivity contribution >= 4 is 50.6 Å². The fourth-order valence-corrected chi connectivity index (χ4v) is 2.12. The Morgan fingerprint density at radius 2 is 1.83 bits per heavy atom. The Balaban J connectivity index is 2.40. The zero-order valence-corrected chi connectivity index (χ0v) is 12.9. The standard InChI is InChI=1S/C12H10BrCl2N3/c1-6-7(2)12(18-17-11(6)15)16-10-5-8(13)3-4-9(10)14/h3-5H,1-2H3,(H,16,18). The molecule has 0 atom stereocenters. The highest BCUT2D eigenvalue weighted by atomic mass is 79.9. The number of hydrogen-bond acceptors (Lipinski definition) is 3. The molecular formula is C12H10BrCl2N3. The average molecular weight is 347 g/mol. The van der Waals surface area contributed by atoms with Crippen molar-refractivity contribution in [3.05, 3.63) is 44.0 Å². The summed E-state index contributed by atoms with van der Waals surface area (Å²) >= 11 is 15.4. The van der Waals surface area contributed by atoms with E-state index in [2.05, 4.69) is 31.4 Å². The second-order valence-electron chi connectivity index (χ2n) is 3.84. The maximum Gasteiger partial charge on any atom is 0.156 e. The zero-order chi connectivity index (χ0) is 13.3. The summed E-state index contributed by atoms with van der Waals surface area (Å²) in [6, 6.07) is 5.56. The Hall–Kier alpha value is -0.840. The minimum Gasteiger partial charge on any atom is -0.337 e. The largest absolute Gasteiger partial charge is 0.337 e. The fourth-order valence-electron chi connectivity index (χ4n) is 1.42. The molecule has 0 saturated heterocycles. The van der Waals surface area contributed by atoms with Gasteiger partial charge in [0.15, 0.2) is 11.0 Å². The summed E-state index contributed by atoms with van der Waals surface area (Å²) < 4.78 is 0.936. The lowest BCUT2D eigenvalue weighted by atomic mass is 10.2. The van der Waals surface area contributed by atoms with Crippen molar-refractivity contribution in [2.24, 2.45) is 0 Å². The van der Waals surface area contributed by atoms with Crippen LogP contribution in [0.5, 0.6) is 0 Å². The van der Waals surface area contributed by atoms with Gasteiger partial charge in [-0.3, -0.25) is 0 Å². The monoisotopic (exact) mass is 345 g/mol. The lowest BCUT2D eigenvalue weighted by Gasteiger charge is -2.11. The molecule has 1 N–H and O–H groups in total. The average Bonchev–Trinajstić information content (AvgIpc) is 2.34.